The number of amides is 3. The molecule has 0 unspecified atom stereocenters. The summed E-state index contributed by atoms with van der Waals surface area (Å²) in [5.74, 6) is -0.695. The molecular weight excluding hydrogens is 577 g/mol. The smallest absolute Gasteiger partial charge is 0.406 e. The number of aromatic nitrogens is 4. The van der Waals surface area contributed by atoms with E-state index >= 15 is 0 Å². The number of carbonyl (C=O) groups excluding carboxylic acids is 2. The van der Waals surface area contributed by atoms with Gasteiger partial charge >= 0.3 is 12.4 Å². The number of carbonyl (C=O) groups is 2. The maximum absolute atomic E-state index is 14.0. The number of piperidine rings is 1. The Hall–Kier alpha value is -4.98. The van der Waals surface area contributed by atoms with Crippen molar-refractivity contribution in [2.24, 2.45) is 0 Å². The number of rotatable bonds is 8. The summed E-state index contributed by atoms with van der Waals surface area (Å²) >= 11 is 0. The molecule has 1 aromatic heterocycles. The van der Waals surface area contributed by atoms with E-state index in [9.17, 15) is 22.8 Å². The molecule has 228 valence electrons. The standard InChI is InChI=1S/C30H29F3N8O3/c31-30(32,33)44-25-12-10-24(11-13-25)40-20-29(14-16-39(17-15-29)18-21-4-2-1-3-5-21)41(28(40)43)19-22-6-8-23(9-7-22)26(42)34-27-35-37-38-36-27/h1-13H,14-20H2,(H2,34,35,36,37,38,42). The lowest BCUT2D eigenvalue weighted by atomic mass is 9.86. The van der Waals surface area contributed by atoms with Crippen LogP contribution in [0.2, 0.25) is 0 Å². The average Bonchev–Trinajstić information content (AvgIpc) is 3.61. The highest BCUT2D eigenvalue weighted by Crippen LogP contribution is 2.40. The van der Waals surface area contributed by atoms with Crippen molar-refractivity contribution in [1.82, 2.24) is 30.4 Å². The van der Waals surface area contributed by atoms with E-state index in [-0.39, 0.29) is 17.7 Å². The number of nitrogens with zero attached hydrogens (tertiary/aromatic N) is 6. The first-order valence-electron chi connectivity index (χ1n) is 14.0. The second-order valence-electron chi connectivity index (χ2n) is 10.9. The number of halogens is 3. The minimum absolute atomic E-state index is 0.0559. The Morgan fingerprint density at radius 1 is 0.932 bits per heavy atom. The van der Waals surface area contributed by atoms with Crippen LogP contribution in [0.3, 0.4) is 0 Å². The molecule has 2 N–H and O–H groups in total. The molecule has 0 radical (unpaired) electrons. The van der Waals surface area contributed by atoms with E-state index in [1.54, 1.807) is 29.2 Å². The van der Waals surface area contributed by atoms with Gasteiger partial charge in [0.25, 0.3) is 11.9 Å². The molecule has 2 fully saturated rings. The molecule has 3 amide bonds. The number of likely N-dealkylation sites (tertiary alicyclic amines) is 1. The number of hydrogen-bond acceptors (Lipinski definition) is 7. The van der Waals surface area contributed by atoms with Crippen LogP contribution in [0.25, 0.3) is 0 Å². The van der Waals surface area contributed by atoms with Crippen LogP contribution in [0, 0.1) is 0 Å². The summed E-state index contributed by atoms with van der Waals surface area (Å²) in [6.45, 7) is 3.06. The summed E-state index contributed by atoms with van der Waals surface area (Å²) in [6.07, 6.45) is -3.35. The van der Waals surface area contributed by atoms with Crippen LogP contribution in [-0.2, 0) is 13.1 Å². The number of anilines is 2. The molecule has 14 heteroatoms. The number of ether oxygens (including phenoxy) is 1. The van der Waals surface area contributed by atoms with Crippen molar-refractivity contribution < 1.29 is 27.5 Å². The van der Waals surface area contributed by atoms with Crippen LogP contribution in [0.1, 0.15) is 34.3 Å². The van der Waals surface area contributed by atoms with E-state index in [2.05, 4.69) is 47.7 Å². The van der Waals surface area contributed by atoms with Gasteiger partial charge < -0.3 is 9.64 Å². The van der Waals surface area contributed by atoms with Crippen LogP contribution in [0.15, 0.2) is 78.9 Å². The monoisotopic (exact) mass is 606 g/mol. The normalized spacial score (nSPS) is 16.8. The molecule has 0 aliphatic carbocycles. The number of benzene rings is 3. The third kappa shape index (κ3) is 6.49. The lowest BCUT2D eigenvalue weighted by molar-refractivity contribution is -0.274. The average molecular weight is 607 g/mol. The number of nitrogens with one attached hydrogen (secondary N) is 2. The highest BCUT2D eigenvalue weighted by molar-refractivity contribution is 6.03. The Kier molecular flexibility index (Phi) is 7.91. The highest BCUT2D eigenvalue weighted by Gasteiger charge is 2.51. The van der Waals surface area contributed by atoms with Crippen molar-refractivity contribution in [3.63, 3.8) is 0 Å². The van der Waals surface area contributed by atoms with Crippen molar-refractivity contribution in [3.8, 4) is 5.75 Å². The van der Waals surface area contributed by atoms with E-state index in [4.69, 9.17) is 0 Å². The van der Waals surface area contributed by atoms with E-state index in [0.29, 0.717) is 24.3 Å². The topological polar surface area (TPSA) is 120 Å². The SMILES string of the molecule is O=C(Nc1nn[nH]n1)c1ccc(CN2C(=O)N(c3ccc(OC(F)(F)F)cc3)CC23CCN(Cc2ccccc2)CC3)cc1. The molecule has 0 atom stereocenters. The summed E-state index contributed by atoms with van der Waals surface area (Å²) in [5, 5.41) is 15.7. The molecule has 0 bridgehead atoms. The van der Waals surface area contributed by atoms with E-state index in [0.717, 1.165) is 38.0 Å². The van der Waals surface area contributed by atoms with Gasteiger partial charge in [0.2, 0.25) is 0 Å². The summed E-state index contributed by atoms with van der Waals surface area (Å²) < 4.78 is 42.1. The van der Waals surface area contributed by atoms with Gasteiger partial charge in [-0.1, -0.05) is 47.6 Å². The van der Waals surface area contributed by atoms with Gasteiger partial charge in [0.05, 0.1) is 12.1 Å². The Labute approximate surface area is 250 Å². The lowest BCUT2D eigenvalue weighted by Gasteiger charge is -2.44. The van der Waals surface area contributed by atoms with Gasteiger partial charge in [0.15, 0.2) is 0 Å². The predicted octanol–water partition coefficient (Wildman–Crippen LogP) is 4.83. The Morgan fingerprint density at radius 3 is 2.25 bits per heavy atom. The number of urea groups is 1. The van der Waals surface area contributed by atoms with Crippen LogP contribution in [0.4, 0.5) is 29.6 Å². The number of aromatic amines is 1. The van der Waals surface area contributed by atoms with Crippen molar-refractivity contribution >= 4 is 23.6 Å². The molecule has 11 nitrogen and oxygen atoms in total. The Bertz CT molecular complexity index is 1570. The number of hydrogen-bond donors (Lipinski definition) is 2. The Morgan fingerprint density at radius 2 is 1.61 bits per heavy atom. The zero-order valence-corrected chi connectivity index (χ0v) is 23.5. The minimum Gasteiger partial charge on any atom is -0.406 e. The predicted molar refractivity (Wildman–Crippen MR) is 154 cm³/mol. The van der Waals surface area contributed by atoms with Crippen molar-refractivity contribution in [3.05, 3.63) is 95.6 Å². The van der Waals surface area contributed by atoms with Crippen molar-refractivity contribution in [2.75, 3.05) is 29.9 Å². The second kappa shape index (κ2) is 12.0. The van der Waals surface area contributed by atoms with Gasteiger partial charge in [-0.05, 0) is 65.6 Å². The molecule has 2 saturated heterocycles. The molecular formula is C30H29F3N8O3. The fourth-order valence-electron chi connectivity index (χ4n) is 5.79. The van der Waals surface area contributed by atoms with Crippen molar-refractivity contribution in [2.45, 2.75) is 37.8 Å². The first kappa shape index (κ1) is 29.1. The van der Waals surface area contributed by atoms with Crippen LogP contribution in [-0.4, -0.2) is 73.9 Å². The first-order chi connectivity index (χ1) is 21.2. The number of H-pyrrole nitrogens is 1. The lowest BCUT2D eigenvalue weighted by Crippen LogP contribution is -2.54. The number of alkyl halides is 3. The summed E-state index contributed by atoms with van der Waals surface area (Å²) in [6, 6.07) is 22.3. The summed E-state index contributed by atoms with van der Waals surface area (Å²) in [7, 11) is 0. The largest absolute Gasteiger partial charge is 0.573 e. The number of tetrazole rings is 1. The molecule has 6 rings (SSSR count). The Balaban J connectivity index is 1.20. The van der Waals surface area contributed by atoms with Crippen molar-refractivity contribution in [1.29, 1.82) is 0 Å². The maximum atomic E-state index is 14.0. The van der Waals surface area contributed by atoms with Gasteiger partial charge in [0, 0.05) is 37.4 Å². The zero-order valence-electron chi connectivity index (χ0n) is 23.5. The quantitative estimate of drug-likeness (QED) is 0.295. The fourth-order valence-corrected chi connectivity index (χ4v) is 5.79. The summed E-state index contributed by atoms with van der Waals surface area (Å²) in [4.78, 5) is 32.4. The minimum atomic E-state index is -4.80. The molecule has 2 aliphatic rings. The van der Waals surface area contributed by atoms with Gasteiger partial charge in [0.1, 0.15) is 5.75 Å². The third-order valence-corrected chi connectivity index (χ3v) is 8.03. The molecule has 1 spiro atoms. The third-order valence-electron chi connectivity index (χ3n) is 8.03. The molecule has 3 aromatic carbocycles. The van der Waals surface area contributed by atoms with Gasteiger partial charge in [-0.15, -0.1) is 18.3 Å². The van der Waals surface area contributed by atoms with E-state index < -0.39 is 17.8 Å². The molecule has 2 aliphatic heterocycles. The van der Waals surface area contributed by atoms with Gasteiger partial charge in [-0.2, -0.15) is 5.21 Å². The first-order valence-corrected chi connectivity index (χ1v) is 14.0. The van der Waals surface area contributed by atoms with Crippen LogP contribution < -0.4 is 15.0 Å². The fraction of sp³-hybridized carbons (Fsp3) is 0.300. The van der Waals surface area contributed by atoms with Gasteiger partial charge in [-0.3, -0.25) is 19.9 Å². The van der Waals surface area contributed by atoms with Crippen LogP contribution >= 0.6 is 0 Å². The summed E-state index contributed by atoms with van der Waals surface area (Å²) in [5.41, 5.74) is 2.44. The van der Waals surface area contributed by atoms with E-state index in [1.165, 1.54) is 29.8 Å². The second-order valence-corrected chi connectivity index (χ2v) is 10.9. The van der Waals surface area contributed by atoms with Crippen LogP contribution in [0.5, 0.6) is 5.75 Å². The van der Waals surface area contributed by atoms with Gasteiger partial charge in [-0.25, -0.2) is 4.79 Å². The van der Waals surface area contributed by atoms with E-state index in [1.807, 2.05) is 23.1 Å². The highest BCUT2D eigenvalue weighted by atomic mass is 19.4. The molecule has 4 aromatic rings. The molecule has 44 heavy (non-hydrogen) atoms. The molecule has 0 saturated carbocycles. The maximum Gasteiger partial charge on any atom is 0.573 e. The molecule has 3 heterocycles. The zero-order chi connectivity index (χ0) is 30.7.